The number of halogens is 1. The zero-order chi connectivity index (χ0) is 21.8. The van der Waals surface area contributed by atoms with Crippen LogP contribution in [0.1, 0.15) is 27.0 Å². The molecule has 1 N–H and O–H groups in total. The molecule has 154 valence electrons. The maximum absolute atomic E-state index is 13.0. The highest BCUT2D eigenvalue weighted by Gasteiger charge is 2.27. The van der Waals surface area contributed by atoms with Crippen LogP contribution in [0, 0.1) is 11.8 Å². The Hall–Kier alpha value is -3.40. The lowest BCUT2D eigenvalue weighted by Gasteiger charge is -2.19. The van der Waals surface area contributed by atoms with E-state index in [9.17, 15) is 9.00 Å². The van der Waals surface area contributed by atoms with Gasteiger partial charge in [0.15, 0.2) is 11.0 Å². The van der Waals surface area contributed by atoms with Crippen LogP contribution in [0.4, 0.5) is 5.69 Å². The van der Waals surface area contributed by atoms with E-state index in [1.165, 1.54) is 0 Å². The van der Waals surface area contributed by atoms with Crippen molar-refractivity contribution in [1.29, 1.82) is 0 Å². The normalized spacial score (nSPS) is 16.1. The molecular formula is C24H17ClN2O3S. The molecule has 0 amide bonds. The number of hydrogen-bond acceptors (Lipinski definition) is 4. The highest BCUT2D eigenvalue weighted by Crippen LogP contribution is 2.29. The average molecular weight is 449 g/mol. The van der Waals surface area contributed by atoms with E-state index in [1.807, 2.05) is 6.07 Å². The van der Waals surface area contributed by atoms with Gasteiger partial charge in [-0.25, -0.2) is 9.19 Å². The molecule has 0 aliphatic carbocycles. The number of fused-ring (bicyclic) bond motifs is 1. The number of carbonyl (C=O) groups excluding carboxylic acids is 1. The molecule has 1 aliphatic rings. The summed E-state index contributed by atoms with van der Waals surface area (Å²) in [6, 6.07) is 15.9. The molecule has 1 unspecified atom stereocenters. The number of aromatic nitrogens is 1. The minimum absolute atomic E-state index is 0.184. The number of Topliss-reactive ketones (excluding diaryl/α,β-unsaturated/α-hetero) is 1. The second-order valence-electron chi connectivity index (χ2n) is 6.71. The van der Waals surface area contributed by atoms with Crippen molar-refractivity contribution in [2.24, 2.45) is 0 Å². The minimum Gasteiger partial charge on any atom is -0.481 e. The van der Waals surface area contributed by atoms with Crippen molar-refractivity contribution in [2.45, 2.75) is 6.42 Å². The van der Waals surface area contributed by atoms with Crippen LogP contribution in [0.15, 0.2) is 65.7 Å². The van der Waals surface area contributed by atoms with E-state index in [2.05, 4.69) is 21.5 Å². The van der Waals surface area contributed by atoms with Crippen LogP contribution >= 0.6 is 11.6 Å². The average Bonchev–Trinajstić information content (AvgIpc) is 2.79. The van der Waals surface area contributed by atoms with Gasteiger partial charge in [-0.2, -0.15) is 0 Å². The fourth-order valence-electron chi connectivity index (χ4n) is 2.98. The molecule has 2 aromatic carbocycles. The summed E-state index contributed by atoms with van der Waals surface area (Å²) in [5.74, 6) is 6.43. The monoisotopic (exact) mass is 448 g/mol. The standard InChI is InChI=1S/C24H17ClN2O3S/c1-30-23-12-8-18(15-26-23)4-2-3-16-7-11-21-20(13-16)24(28)22(31(29)27-21)14-17-5-9-19(25)10-6-17/h5-15,27H,4H2,1H3/b22-14+. The minimum atomic E-state index is -1.64. The Balaban J connectivity index is 1.57. The summed E-state index contributed by atoms with van der Waals surface area (Å²) in [5, 5.41) is 0.593. The molecule has 31 heavy (non-hydrogen) atoms. The smallest absolute Gasteiger partial charge is 0.212 e. The summed E-state index contributed by atoms with van der Waals surface area (Å²) in [6.45, 7) is 0. The van der Waals surface area contributed by atoms with E-state index in [0.717, 1.165) is 11.1 Å². The molecule has 0 saturated heterocycles. The Morgan fingerprint density at radius 2 is 1.97 bits per heavy atom. The van der Waals surface area contributed by atoms with Crippen LogP contribution in [-0.4, -0.2) is 22.1 Å². The number of hydrogen-bond donors (Lipinski definition) is 1. The fraction of sp³-hybridized carbons (Fsp3) is 0.0833. The van der Waals surface area contributed by atoms with Crippen LogP contribution in [0.2, 0.25) is 5.02 Å². The van der Waals surface area contributed by atoms with E-state index in [1.54, 1.807) is 67.9 Å². The lowest BCUT2D eigenvalue weighted by Crippen LogP contribution is -2.22. The number of methoxy groups -OCH3 is 1. The van der Waals surface area contributed by atoms with Crippen molar-refractivity contribution in [1.82, 2.24) is 4.98 Å². The summed E-state index contributed by atoms with van der Waals surface area (Å²) in [7, 11) is -0.0706. The van der Waals surface area contributed by atoms with E-state index < -0.39 is 11.0 Å². The second-order valence-corrected chi connectivity index (χ2v) is 8.33. The highest BCUT2D eigenvalue weighted by atomic mass is 35.5. The van der Waals surface area contributed by atoms with Gasteiger partial charge in [0.25, 0.3) is 0 Å². The predicted molar refractivity (Wildman–Crippen MR) is 123 cm³/mol. The van der Waals surface area contributed by atoms with Crippen molar-refractivity contribution in [3.05, 3.63) is 93.0 Å². The van der Waals surface area contributed by atoms with E-state index >= 15 is 0 Å². The maximum Gasteiger partial charge on any atom is 0.212 e. The molecule has 0 spiro atoms. The third-order valence-corrected chi connectivity index (χ3v) is 5.95. The lowest BCUT2D eigenvalue weighted by molar-refractivity contribution is 0.104. The van der Waals surface area contributed by atoms with Crippen LogP contribution in [0.5, 0.6) is 5.88 Å². The lowest BCUT2D eigenvalue weighted by atomic mass is 10.0. The molecule has 0 bridgehead atoms. The molecule has 0 fully saturated rings. The number of carbonyl (C=O) groups is 1. The SMILES string of the molecule is COc1ccc(CC#Cc2ccc3c(c2)C(=O)/C(=C\c2ccc(Cl)cc2)S(=O)N3)cn1. The Morgan fingerprint density at radius 1 is 1.16 bits per heavy atom. The van der Waals surface area contributed by atoms with Gasteiger partial charge in [0, 0.05) is 34.8 Å². The highest BCUT2D eigenvalue weighted by molar-refractivity contribution is 7.91. The molecule has 0 saturated carbocycles. The zero-order valence-corrected chi connectivity index (χ0v) is 18.1. The molecule has 1 aliphatic heterocycles. The topological polar surface area (TPSA) is 68.3 Å². The number of benzene rings is 2. The number of rotatable bonds is 3. The maximum atomic E-state index is 13.0. The molecule has 4 rings (SSSR count). The summed E-state index contributed by atoms with van der Waals surface area (Å²) >= 11 is 5.91. The Bertz CT molecular complexity index is 1260. The van der Waals surface area contributed by atoms with Gasteiger partial charge in [0.2, 0.25) is 11.7 Å². The molecular weight excluding hydrogens is 432 g/mol. The van der Waals surface area contributed by atoms with Crippen molar-refractivity contribution in [3.8, 4) is 17.7 Å². The first-order chi connectivity index (χ1) is 15.0. The van der Waals surface area contributed by atoms with Gasteiger partial charge in [-0.1, -0.05) is 41.6 Å². The van der Waals surface area contributed by atoms with Crippen LogP contribution in [-0.2, 0) is 17.4 Å². The van der Waals surface area contributed by atoms with Crippen molar-refractivity contribution in [2.75, 3.05) is 11.8 Å². The third-order valence-electron chi connectivity index (χ3n) is 4.59. The first-order valence-corrected chi connectivity index (χ1v) is 10.9. The van der Waals surface area contributed by atoms with E-state index in [-0.39, 0.29) is 10.7 Å². The second kappa shape index (κ2) is 9.17. The van der Waals surface area contributed by atoms with E-state index in [0.29, 0.717) is 34.1 Å². The predicted octanol–water partition coefficient (Wildman–Crippen LogP) is 4.65. The number of ketones is 1. The van der Waals surface area contributed by atoms with Crippen LogP contribution in [0.25, 0.3) is 6.08 Å². The summed E-state index contributed by atoms with van der Waals surface area (Å²) in [4.78, 5) is 17.4. The van der Waals surface area contributed by atoms with E-state index in [4.69, 9.17) is 16.3 Å². The number of nitrogens with one attached hydrogen (secondary N) is 1. The van der Waals surface area contributed by atoms with Crippen molar-refractivity contribution in [3.63, 3.8) is 0 Å². The van der Waals surface area contributed by atoms with Gasteiger partial charge in [0.05, 0.1) is 12.8 Å². The number of nitrogens with zero attached hydrogens (tertiary/aromatic N) is 1. The first kappa shape index (κ1) is 20.9. The molecule has 3 aromatic rings. The van der Waals surface area contributed by atoms with Gasteiger partial charge in [-0.15, -0.1) is 0 Å². The van der Waals surface area contributed by atoms with Crippen molar-refractivity contribution >= 4 is 40.1 Å². The fourth-order valence-corrected chi connectivity index (χ4v) is 4.12. The molecule has 7 heteroatoms. The number of pyridine rings is 1. The van der Waals surface area contributed by atoms with Crippen LogP contribution in [0.3, 0.4) is 0 Å². The Labute approximate surface area is 187 Å². The molecule has 5 nitrogen and oxygen atoms in total. The Morgan fingerprint density at radius 3 is 2.68 bits per heavy atom. The van der Waals surface area contributed by atoms with Crippen LogP contribution < -0.4 is 9.46 Å². The molecule has 1 aromatic heterocycles. The molecule has 2 heterocycles. The quantitative estimate of drug-likeness (QED) is 0.467. The third kappa shape index (κ3) is 4.85. The van der Waals surface area contributed by atoms with Crippen molar-refractivity contribution < 1.29 is 13.7 Å². The van der Waals surface area contributed by atoms with Gasteiger partial charge >= 0.3 is 0 Å². The molecule has 1 atom stereocenters. The Kier molecular flexibility index (Phi) is 6.17. The van der Waals surface area contributed by atoms with Gasteiger partial charge in [0.1, 0.15) is 4.91 Å². The number of ether oxygens (including phenoxy) is 1. The first-order valence-electron chi connectivity index (χ1n) is 9.36. The molecule has 0 radical (unpaired) electrons. The summed E-state index contributed by atoms with van der Waals surface area (Å²) in [6.07, 6.45) is 3.85. The summed E-state index contributed by atoms with van der Waals surface area (Å²) < 4.78 is 20.5. The zero-order valence-electron chi connectivity index (χ0n) is 16.5. The van der Waals surface area contributed by atoms with Gasteiger partial charge in [-0.3, -0.25) is 4.79 Å². The largest absolute Gasteiger partial charge is 0.481 e. The number of allylic oxidation sites excluding steroid dienone is 1. The number of anilines is 1. The van der Waals surface area contributed by atoms with Gasteiger partial charge in [-0.05, 0) is 47.5 Å². The van der Waals surface area contributed by atoms with Gasteiger partial charge < -0.3 is 9.46 Å². The summed E-state index contributed by atoms with van der Waals surface area (Å²) in [5.41, 5.74) is 3.39.